The molecule has 0 radical (unpaired) electrons. The Bertz CT molecular complexity index is 657. The minimum atomic E-state index is -0.986. The Balaban J connectivity index is 1.66. The number of carbonyl (C=O) groups is 3. The molecule has 0 saturated heterocycles. The molecule has 154 valence electrons. The molecular formula is C22H32N2O4. The molecule has 0 unspecified atom stereocenters. The maximum absolute atomic E-state index is 12.2. The van der Waals surface area contributed by atoms with Gasteiger partial charge in [-0.1, -0.05) is 51.2 Å². The number of nitrogens with one attached hydrogen (secondary N) is 2. The largest absolute Gasteiger partial charge is 0.481 e. The van der Waals surface area contributed by atoms with E-state index in [-0.39, 0.29) is 36.5 Å². The number of carbonyl (C=O) groups excluding carboxylic acids is 2. The van der Waals surface area contributed by atoms with Gasteiger partial charge < -0.3 is 15.7 Å². The predicted octanol–water partition coefficient (Wildman–Crippen LogP) is 4.07. The van der Waals surface area contributed by atoms with Crippen molar-refractivity contribution < 1.29 is 19.5 Å². The molecule has 1 aliphatic carbocycles. The van der Waals surface area contributed by atoms with Gasteiger partial charge in [-0.05, 0) is 36.5 Å². The van der Waals surface area contributed by atoms with Crippen molar-refractivity contribution in [1.82, 2.24) is 5.32 Å². The van der Waals surface area contributed by atoms with Gasteiger partial charge in [0.25, 0.3) is 0 Å². The summed E-state index contributed by atoms with van der Waals surface area (Å²) in [5, 5.41) is 14.3. The van der Waals surface area contributed by atoms with Gasteiger partial charge in [-0.2, -0.15) is 0 Å². The van der Waals surface area contributed by atoms with E-state index in [1.807, 2.05) is 12.1 Å². The molecule has 0 spiro atoms. The first-order valence-electron chi connectivity index (χ1n) is 10.4. The van der Waals surface area contributed by atoms with Gasteiger partial charge in [0.1, 0.15) is 0 Å². The summed E-state index contributed by atoms with van der Waals surface area (Å²) in [6.45, 7) is 2.97. The van der Waals surface area contributed by atoms with E-state index in [1.165, 1.54) is 32.1 Å². The van der Waals surface area contributed by atoms with Gasteiger partial charge in [-0.25, -0.2) is 0 Å². The minimum absolute atomic E-state index is 0.0411. The third-order valence-corrected chi connectivity index (χ3v) is 5.15. The highest BCUT2D eigenvalue weighted by Gasteiger charge is 2.43. The second-order valence-electron chi connectivity index (χ2n) is 7.57. The van der Waals surface area contributed by atoms with Crippen LogP contribution >= 0.6 is 0 Å². The molecule has 1 aliphatic rings. The normalized spacial score (nSPS) is 17.8. The van der Waals surface area contributed by atoms with E-state index in [9.17, 15) is 14.4 Å². The lowest BCUT2D eigenvalue weighted by Gasteiger charge is -2.07. The first kappa shape index (κ1) is 21.9. The van der Waals surface area contributed by atoms with Crippen molar-refractivity contribution in [3.8, 4) is 0 Å². The topological polar surface area (TPSA) is 95.5 Å². The zero-order valence-electron chi connectivity index (χ0n) is 16.7. The third kappa shape index (κ3) is 7.71. The van der Waals surface area contributed by atoms with Crippen molar-refractivity contribution in [2.45, 2.75) is 70.6 Å². The molecule has 1 aromatic carbocycles. The molecule has 2 atom stereocenters. The molecule has 0 aromatic heterocycles. The summed E-state index contributed by atoms with van der Waals surface area (Å²) in [5.74, 6) is -0.851. The van der Waals surface area contributed by atoms with Crippen molar-refractivity contribution in [2.75, 3.05) is 11.9 Å². The summed E-state index contributed by atoms with van der Waals surface area (Å²) in [7, 11) is 0. The minimum Gasteiger partial charge on any atom is -0.481 e. The van der Waals surface area contributed by atoms with Gasteiger partial charge in [0.2, 0.25) is 11.8 Å². The lowest BCUT2D eigenvalue weighted by molar-refractivity contribution is -0.138. The summed E-state index contributed by atoms with van der Waals surface area (Å²) in [6, 6.07) is 7.46. The molecule has 28 heavy (non-hydrogen) atoms. The van der Waals surface area contributed by atoms with E-state index in [4.69, 9.17) is 5.11 Å². The smallest absolute Gasteiger partial charge is 0.303 e. The number of carboxylic acids is 1. The number of aliphatic carboxylic acids is 1. The van der Waals surface area contributed by atoms with Crippen molar-refractivity contribution in [1.29, 1.82) is 0 Å². The Kier molecular flexibility index (Phi) is 8.98. The number of hydrogen-bond donors (Lipinski definition) is 3. The maximum Gasteiger partial charge on any atom is 0.303 e. The van der Waals surface area contributed by atoms with Crippen LogP contribution in [0, 0.1) is 5.92 Å². The van der Waals surface area contributed by atoms with Crippen LogP contribution in [0.2, 0.25) is 0 Å². The van der Waals surface area contributed by atoms with Crippen LogP contribution in [0.15, 0.2) is 24.3 Å². The van der Waals surface area contributed by atoms with Crippen LogP contribution in [0.3, 0.4) is 0 Å². The molecule has 2 rings (SSSR count). The molecule has 1 saturated carbocycles. The van der Waals surface area contributed by atoms with Crippen LogP contribution in [0.25, 0.3) is 0 Å². The van der Waals surface area contributed by atoms with Crippen LogP contribution in [-0.4, -0.2) is 29.4 Å². The van der Waals surface area contributed by atoms with E-state index < -0.39 is 5.97 Å². The van der Waals surface area contributed by atoms with Crippen LogP contribution in [0.1, 0.15) is 76.2 Å². The van der Waals surface area contributed by atoms with E-state index in [1.54, 1.807) is 12.1 Å². The first-order chi connectivity index (χ1) is 13.5. The highest BCUT2D eigenvalue weighted by atomic mass is 16.4. The van der Waals surface area contributed by atoms with Gasteiger partial charge in [0, 0.05) is 24.6 Å². The van der Waals surface area contributed by atoms with Crippen LogP contribution in [-0.2, 0) is 14.4 Å². The molecule has 2 amide bonds. The lowest BCUT2D eigenvalue weighted by Crippen LogP contribution is -2.26. The maximum atomic E-state index is 12.2. The number of hydrogen-bond acceptors (Lipinski definition) is 3. The summed E-state index contributed by atoms with van der Waals surface area (Å²) < 4.78 is 0. The second-order valence-corrected chi connectivity index (χ2v) is 7.57. The number of rotatable bonds is 13. The lowest BCUT2D eigenvalue weighted by atomic mass is 10.1. The Morgan fingerprint density at radius 1 is 1.00 bits per heavy atom. The Hall–Kier alpha value is -2.37. The molecule has 3 N–H and O–H groups in total. The third-order valence-electron chi connectivity index (χ3n) is 5.15. The van der Waals surface area contributed by atoms with E-state index in [0.717, 1.165) is 24.9 Å². The molecular weight excluding hydrogens is 356 g/mol. The van der Waals surface area contributed by atoms with Crippen LogP contribution in [0.5, 0.6) is 0 Å². The fraction of sp³-hybridized carbons (Fsp3) is 0.591. The quantitative estimate of drug-likeness (QED) is 0.444. The molecule has 1 fully saturated rings. The highest BCUT2D eigenvalue weighted by Crippen LogP contribution is 2.47. The first-order valence-corrected chi connectivity index (χ1v) is 10.4. The van der Waals surface area contributed by atoms with Crippen molar-refractivity contribution in [3.63, 3.8) is 0 Å². The van der Waals surface area contributed by atoms with E-state index in [0.29, 0.717) is 5.69 Å². The standard InChI is InChI=1S/C22H32N2O4/c1-2-3-4-5-6-7-14-23-22(28)19-15-18(19)16-8-10-17(11-9-16)24-20(25)12-13-21(26)27/h8-11,18-19H,2-7,12-15H2,1H3,(H,23,28)(H,24,25)(H,26,27)/t18-,19-/m1/s1. The fourth-order valence-electron chi connectivity index (χ4n) is 3.36. The van der Waals surface area contributed by atoms with Crippen LogP contribution < -0.4 is 10.6 Å². The van der Waals surface area contributed by atoms with Crippen LogP contribution in [0.4, 0.5) is 5.69 Å². The van der Waals surface area contributed by atoms with Gasteiger partial charge in [0.15, 0.2) is 0 Å². The molecule has 1 aromatic rings. The Morgan fingerprint density at radius 2 is 1.68 bits per heavy atom. The number of carboxylic acid groups (broad SMARTS) is 1. The highest BCUT2D eigenvalue weighted by molar-refractivity contribution is 5.92. The van der Waals surface area contributed by atoms with Crippen molar-refractivity contribution in [2.24, 2.45) is 5.92 Å². The van der Waals surface area contributed by atoms with E-state index >= 15 is 0 Å². The van der Waals surface area contributed by atoms with Gasteiger partial charge in [0.05, 0.1) is 6.42 Å². The van der Waals surface area contributed by atoms with Crippen molar-refractivity contribution in [3.05, 3.63) is 29.8 Å². The summed E-state index contributed by atoms with van der Waals surface area (Å²) in [4.78, 5) is 34.4. The Labute approximate surface area is 167 Å². The molecule has 0 heterocycles. The van der Waals surface area contributed by atoms with Crippen molar-refractivity contribution >= 4 is 23.5 Å². The zero-order chi connectivity index (χ0) is 20.4. The molecule has 6 nitrogen and oxygen atoms in total. The average molecular weight is 389 g/mol. The molecule has 0 bridgehead atoms. The van der Waals surface area contributed by atoms with Gasteiger partial charge in [-0.15, -0.1) is 0 Å². The van der Waals surface area contributed by atoms with Gasteiger partial charge >= 0.3 is 5.97 Å². The zero-order valence-corrected chi connectivity index (χ0v) is 16.7. The number of anilines is 1. The number of amides is 2. The molecule has 6 heteroatoms. The van der Waals surface area contributed by atoms with Gasteiger partial charge in [-0.3, -0.25) is 14.4 Å². The monoisotopic (exact) mass is 388 g/mol. The number of unbranched alkanes of at least 4 members (excludes halogenated alkanes) is 5. The Morgan fingerprint density at radius 3 is 2.36 bits per heavy atom. The SMILES string of the molecule is CCCCCCCCNC(=O)[C@@H]1C[C@@H]1c1ccc(NC(=O)CCC(=O)O)cc1. The van der Waals surface area contributed by atoms with E-state index in [2.05, 4.69) is 17.6 Å². The molecule has 0 aliphatic heterocycles. The predicted molar refractivity (Wildman–Crippen MR) is 109 cm³/mol. The average Bonchev–Trinajstić information content (AvgIpc) is 3.47. The second kappa shape index (κ2) is 11.5. The summed E-state index contributed by atoms with van der Waals surface area (Å²) in [5.41, 5.74) is 1.74. The fourth-order valence-corrected chi connectivity index (χ4v) is 3.36. The summed E-state index contributed by atoms with van der Waals surface area (Å²) >= 11 is 0. The summed E-state index contributed by atoms with van der Waals surface area (Å²) in [6.07, 6.45) is 7.94. The number of benzene rings is 1.